The van der Waals surface area contributed by atoms with Crippen molar-refractivity contribution in [2.45, 2.75) is 59.7 Å². The largest absolute Gasteiger partial charge is 0.476 e. The van der Waals surface area contributed by atoms with Gasteiger partial charge in [-0.1, -0.05) is 22.0 Å². The Hall–Kier alpha value is -2.40. The van der Waals surface area contributed by atoms with Crippen LogP contribution in [0.15, 0.2) is 46.9 Å². The first kappa shape index (κ1) is 23.9. The summed E-state index contributed by atoms with van der Waals surface area (Å²) in [5, 5.41) is 0. The molecule has 0 saturated heterocycles. The number of benzene rings is 2. The molecule has 0 fully saturated rings. The van der Waals surface area contributed by atoms with Gasteiger partial charge >= 0.3 is 5.97 Å². The maximum absolute atomic E-state index is 12.5. The highest BCUT2D eigenvalue weighted by Gasteiger charge is 2.35. The van der Waals surface area contributed by atoms with Gasteiger partial charge in [0.15, 0.2) is 11.4 Å². The number of hydrogen-bond donors (Lipinski definition) is 0. The molecule has 0 N–H and O–H groups in total. The van der Waals surface area contributed by atoms with E-state index in [1.54, 1.807) is 38.1 Å². The summed E-state index contributed by atoms with van der Waals surface area (Å²) in [7, 11) is 0. The molecule has 0 radical (unpaired) electrons. The molecule has 2 rings (SSSR count). The van der Waals surface area contributed by atoms with E-state index in [0.29, 0.717) is 11.3 Å². The van der Waals surface area contributed by atoms with E-state index in [4.69, 9.17) is 9.47 Å². The van der Waals surface area contributed by atoms with E-state index < -0.39 is 17.2 Å². The van der Waals surface area contributed by atoms with Crippen molar-refractivity contribution in [3.63, 3.8) is 0 Å². The molecule has 2 aromatic rings. The predicted octanol–water partition coefficient (Wildman–Crippen LogP) is 6.46. The number of aryl methyl sites for hydroxylation is 2. The number of hydrogen-bond acceptors (Lipinski definition) is 4. The molecule has 160 valence electrons. The number of halogens is 1. The monoisotopic (exact) mass is 472 g/mol. The highest BCUT2D eigenvalue weighted by Crippen LogP contribution is 2.30. The Balaban J connectivity index is 2.19. The molecule has 0 aromatic heterocycles. The second-order valence-electron chi connectivity index (χ2n) is 8.80. The minimum absolute atomic E-state index is 0.0656. The molecule has 0 unspecified atom stereocenters. The Morgan fingerprint density at radius 1 is 0.933 bits per heavy atom. The normalized spacial score (nSPS) is 12.1. The van der Waals surface area contributed by atoms with Gasteiger partial charge in [0, 0.05) is 10.0 Å². The Morgan fingerprint density at radius 2 is 1.47 bits per heavy atom. The third-order valence-electron chi connectivity index (χ3n) is 4.29. The van der Waals surface area contributed by atoms with E-state index in [-0.39, 0.29) is 5.78 Å². The van der Waals surface area contributed by atoms with Gasteiger partial charge in [-0.05, 0) is 108 Å². The second kappa shape index (κ2) is 9.17. The average Bonchev–Trinajstić information content (AvgIpc) is 2.62. The maximum Gasteiger partial charge on any atom is 0.350 e. The van der Waals surface area contributed by atoms with Crippen LogP contribution in [0.1, 0.15) is 61.7 Å². The lowest BCUT2D eigenvalue weighted by atomic mass is 10.0. The lowest BCUT2D eigenvalue weighted by Gasteiger charge is -2.30. The highest BCUT2D eigenvalue weighted by molar-refractivity contribution is 9.10. The summed E-state index contributed by atoms with van der Waals surface area (Å²) in [4.78, 5) is 24.9. The summed E-state index contributed by atoms with van der Waals surface area (Å²) in [6, 6.07) is 11.1. The molecule has 0 aliphatic heterocycles. The van der Waals surface area contributed by atoms with Crippen molar-refractivity contribution >= 4 is 33.8 Å². The van der Waals surface area contributed by atoms with Crippen LogP contribution < -0.4 is 4.74 Å². The van der Waals surface area contributed by atoms with Crippen molar-refractivity contribution in [3.8, 4) is 5.75 Å². The first-order chi connectivity index (χ1) is 13.8. The lowest BCUT2D eigenvalue weighted by molar-refractivity contribution is -0.171. The van der Waals surface area contributed by atoms with Crippen LogP contribution in [0.25, 0.3) is 6.08 Å². The summed E-state index contributed by atoms with van der Waals surface area (Å²) >= 11 is 3.37. The number of carbonyl (C=O) groups excluding carboxylic acids is 2. The average molecular weight is 473 g/mol. The fourth-order valence-electron chi connectivity index (χ4n) is 2.82. The van der Waals surface area contributed by atoms with Crippen LogP contribution in [0, 0.1) is 13.8 Å². The number of esters is 1. The molecule has 0 spiro atoms. The van der Waals surface area contributed by atoms with Gasteiger partial charge in [0.1, 0.15) is 11.4 Å². The summed E-state index contributed by atoms with van der Waals surface area (Å²) in [5.74, 6) is 0.157. The van der Waals surface area contributed by atoms with Gasteiger partial charge < -0.3 is 9.47 Å². The highest BCUT2D eigenvalue weighted by atomic mass is 79.9. The molecule has 5 heteroatoms. The topological polar surface area (TPSA) is 52.6 Å². The smallest absolute Gasteiger partial charge is 0.350 e. The van der Waals surface area contributed by atoms with E-state index in [9.17, 15) is 9.59 Å². The molecule has 0 atom stereocenters. The number of carbonyl (C=O) groups is 2. The Labute approximate surface area is 187 Å². The maximum atomic E-state index is 12.5. The Morgan fingerprint density at radius 3 is 1.97 bits per heavy atom. The van der Waals surface area contributed by atoms with Gasteiger partial charge in [0.2, 0.25) is 0 Å². The fourth-order valence-corrected chi connectivity index (χ4v) is 3.09. The van der Waals surface area contributed by atoms with Crippen molar-refractivity contribution in [2.75, 3.05) is 0 Å². The zero-order valence-corrected chi connectivity index (χ0v) is 20.2. The van der Waals surface area contributed by atoms with Crippen LogP contribution in [0.4, 0.5) is 0 Å². The van der Waals surface area contributed by atoms with Gasteiger partial charge in [-0.2, -0.15) is 0 Å². The predicted molar refractivity (Wildman–Crippen MR) is 124 cm³/mol. The van der Waals surface area contributed by atoms with Crippen molar-refractivity contribution < 1.29 is 19.1 Å². The lowest BCUT2D eigenvalue weighted by Crippen LogP contribution is -2.43. The van der Waals surface area contributed by atoms with Crippen LogP contribution in [-0.4, -0.2) is 23.0 Å². The molecular weight excluding hydrogens is 444 g/mol. The molecule has 2 aromatic carbocycles. The molecule has 0 aliphatic rings. The molecule has 0 heterocycles. The van der Waals surface area contributed by atoms with Crippen molar-refractivity contribution in [3.05, 3.63) is 69.2 Å². The molecule has 0 amide bonds. The van der Waals surface area contributed by atoms with Gasteiger partial charge in [-0.25, -0.2) is 4.79 Å². The van der Waals surface area contributed by atoms with E-state index in [1.807, 2.05) is 58.9 Å². The van der Waals surface area contributed by atoms with Crippen LogP contribution in [0.5, 0.6) is 5.75 Å². The SMILES string of the molecule is Cc1cc(C=CC(=O)c2ccc(Br)cc2)cc(C)c1OC(C)(C)C(=O)OC(C)(C)C. The van der Waals surface area contributed by atoms with E-state index in [0.717, 1.165) is 21.2 Å². The van der Waals surface area contributed by atoms with Crippen LogP contribution >= 0.6 is 15.9 Å². The molecular formula is C25H29BrO4. The first-order valence-corrected chi connectivity index (χ1v) is 10.6. The minimum Gasteiger partial charge on any atom is -0.476 e. The molecule has 0 bridgehead atoms. The van der Waals surface area contributed by atoms with E-state index in [1.165, 1.54) is 0 Å². The first-order valence-electron chi connectivity index (χ1n) is 9.80. The van der Waals surface area contributed by atoms with Crippen molar-refractivity contribution in [1.82, 2.24) is 0 Å². The van der Waals surface area contributed by atoms with Gasteiger partial charge in [0.05, 0.1) is 0 Å². The van der Waals surface area contributed by atoms with Gasteiger partial charge in [-0.15, -0.1) is 0 Å². The van der Waals surface area contributed by atoms with Crippen molar-refractivity contribution in [1.29, 1.82) is 0 Å². The zero-order valence-electron chi connectivity index (χ0n) is 18.6. The van der Waals surface area contributed by atoms with Crippen LogP contribution in [0.3, 0.4) is 0 Å². The van der Waals surface area contributed by atoms with E-state index >= 15 is 0 Å². The Bertz CT molecular complexity index is 941. The molecule has 4 nitrogen and oxygen atoms in total. The minimum atomic E-state index is -1.13. The standard InChI is InChI=1S/C25H29BrO4/c1-16-14-18(8-13-21(27)19-9-11-20(26)12-10-19)15-17(2)22(16)29-25(6,7)23(28)30-24(3,4)5/h8-15H,1-7H3. The zero-order chi connectivity index (χ0) is 22.7. The third-order valence-corrected chi connectivity index (χ3v) is 4.81. The van der Waals surface area contributed by atoms with E-state index in [2.05, 4.69) is 15.9 Å². The van der Waals surface area contributed by atoms with Crippen LogP contribution in [0.2, 0.25) is 0 Å². The molecule has 30 heavy (non-hydrogen) atoms. The van der Waals surface area contributed by atoms with Crippen LogP contribution in [-0.2, 0) is 9.53 Å². The number of rotatable bonds is 6. The molecule has 0 saturated carbocycles. The number of ketones is 1. The Kier molecular flexibility index (Phi) is 7.30. The van der Waals surface area contributed by atoms with Gasteiger partial charge in [-0.3, -0.25) is 4.79 Å². The fraction of sp³-hybridized carbons (Fsp3) is 0.360. The number of allylic oxidation sites excluding steroid dienone is 1. The second-order valence-corrected chi connectivity index (χ2v) is 9.72. The summed E-state index contributed by atoms with van der Waals surface area (Å²) in [5.41, 5.74) is 1.56. The molecule has 0 aliphatic carbocycles. The third kappa shape index (κ3) is 6.56. The summed E-state index contributed by atoms with van der Waals surface area (Å²) in [6.07, 6.45) is 3.34. The van der Waals surface area contributed by atoms with Gasteiger partial charge in [0.25, 0.3) is 0 Å². The summed E-state index contributed by atoms with van der Waals surface area (Å²) in [6.45, 7) is 12.7. The summed E-state index contributed by atoms with van der Waals surface area (Å²) < 4.78 is 12.5. The number of ether oxygens (including phenoxy) is 2. The van der Waals surface area contributed by atoms with Crippen molar-refractivity contribution in [2.24, 2.45) is 0 Å². The quantitative estimate of drug-likeness (QED) is 0.275.